The molecule has 9 heteroatoms. The van der Waals surface area contributed by atoms with Crippen molar-refractivity contribution in [2.24, 2.45) is 0 Å². The average Bonchev–Trinajstić information content (AvgIpc) is 3.55. The molecule has 2 amide bonds. The number of nitrogens with one attached hydrogen (secondary N) is 1. The van der Waals surface area contributed by atoms with Crippen molar-refractivity contribution in [1.82, 2.24) is 25.2 Å². The normalized spacial score (nSPS) is 12.3. The molecule has 0 spiro atoms. The van der Waals surface area contributed by atoms with Crippen molar-refractivity contribution < 1.29 is 14.3 Å². The lowest BCUT2D eigenvalue weighted by Crippen LogP contribution is -2.50. The van der Waals surface area contributed by atoms with Gasteiger partial charge in [-0.2, -0.15) is 0 Å². The summed E-state index contributed by atoms with van der Waals surface area (Å²) < 4.78 is 7.49. The van der Waals surface area contributed by atoms with Gasteiger partial charge in [0.05, 0.1) is 18.7 Å². The van der Waals surface area contributed by atoms with E-state index < -0.39 is 11.6 Å². The highest BCUT2D eigenvalue weighted by atomic mass is 32.1. The summed E-state index contributed by atoms with van der Waals surface area (Å²) in [5.41, 5.74) is 1.66. The summed E-state index contributed by atoms with van der Waals surface area (Å²) in [5, 5.41) is 13.5. The van der Waals surface area contributed by atoms with E-state index in [0.29, 0.717) is 23.4 Å². The number of hydrogen-bond acceptors (Lipinski definition) is 6. The first-order valence-corrected chi connectivity index (χ1v) is 13.3. The highest BCUT2D eigenvalue weighted by Gasteiger charge is 2.36. The third-order valence-electron chi connectivity index (χ3n) is 6.35. The number of amides is 2. The number of rotatable bonds is 11. The summed E-state index contributed by atoms with van der Waals surface area (Å²) in [4.78, 5) is 30.6. The smallest absolute Gasteiger partial charge is 0.248 e. The molecule has 0 aliphatic rings. The topological polar surface area (TPSA) is 89.4 Å². The zero-order valence-electron chi connectivity index (χ0n) is 21.7. The van der Waals surface area contributed by atoms with Crippen LogP contribution in [0.5, 0.6) is 5.75 Å². The highest BCUT2D eigenvalue weighted by Crippen LogP contribution is 2.33. The fourth-order valence-electron chi connectivity index (χ4n) is 4.08. The van der Waals surface area contributed by atoms with E-state index in [1.165, 1.54) is 0 Å². The second kappa shape index (κ2) is 11.6. The van der Waals surface area contributed by atoms with E-state index >= 15 is 0 Å². The number of para-hydroxylation sites is 2. The molecule has 1 atom stereocenters. The lowest BCUT2D eigenvalue weighted by molar-refractivity contribution is -0.143. The van der Waals surface area contributed by atoms with Crippen molar-refractivity contribution in [3.8, 4) is 5.75 Å². The number of carbonyl (C=O) groups excluding carboxylic acids is 2. The molecule has 1 N–H and O–H groups in total. The van der Waals surface area contributed by atoms with Crippen molar-refractivity contribution in [3.63, 3.8) is 0 Å². The first-order valence-electron chi connectivity index (χ1n) is 12.5. The SMILES string of the molecule is CCOc1ccccc1C(C(=O)NC(C)(C)CC)N(Cc1cccs1)C(=O)Cn1nnc2ccccc21. The molecule has 4 rings (SSSR count). The molecular formula is C28H33N5O3S. The van der Waals surface area contributed by atoms with Crippen LogP contribution in [0.25, 0.3) is 11.0 Å². The zero-order chi connectivity index (χ0) is 26.4. The van der Waals surface area contributed by atoms with Crippen molar-refractivity contribution in [3.05, 3.63) is 76.5 Å². The van der Waals surface area contributed by atoms with Gasteiger partial charge in [0.25, 0.3) is 0 Å². The molecule has 0 fully saturated rings. The Labute approximate surface area is 221 Å². The van der Waals surface area contributed by atoms with Crippen LogP contribution in [0.1, 0.15) is 50.6 Å². The second-order valence-corrected chi connectivity index (χ2v) is 10.5. The third kappa shape index (κ3) is 6.17. The minimum absolute atomic E-state index is 0.0519. The Morgan fingerprint density at radius 3 is 2.57 bits per heavy atom. The van der Waals surface area contributed by atoms with Gasteiger partial charge in [0, 0.05) is 16.0 Å². The fourth-order valence-corrected chi connectivity index (χ4v) is 4.78. The molecule has 2 heterocycles. The lowest BCUT2D eigenvalue weighted by atomic mass is 9.98. The minimum Gasteiger partial charge on any atom is -0.494 e. The van der Waals surface area contributed by atoms with Gasteiger partial charge < -0.3 is 15.0 Å². The predicted octanol–water partition coefficient (Wildman–Crippen LogP) is 4.97. The molecule has 0 radical (unpaired) electrons. The average molecular weight is 520 g/mol. The van der Waals surface area contributed by atoms with Crippen molar-refractivity contribution in [1.29, 1.82) is 0 Å². The van der Waals surface area contributed by atoms with Crippen LogP contribution in [0.4, 0.5) is 0 Å². The van der Waals surface area contributed by atoms with Crippen LogP contribution >= 0.6 is 11.3 Å². The Balaban J connectivity index is 1.79. The van der Waals surface area contributed by atoms with Crippen LogP contribution in [-0.4, -0.2) is 43.9 Å². The molecule has 0 aliphatic heterocycles. The summed E-state index contributed by atoms with van der Waals surface area (Å²) in [7, 11) is 0. The van der Waals surface area contributed by atoms with Crippen LogP contribution < -0.4 is 10.1 Å². The van der Waals surface area contributed by atoms with E-state index in [0.717, 1.165) is 16.8 Å². The Hall–Kier alpha value is -3.72. The van der Waals surface area contributed by atoms with Gasteiger partial charge in [-0.25, -0.2) is 4.68 Å². The lowest BCUT2D eigenvalue weighted by Gasteiger charge is -2.35. The fraction of sp³-hybridized carbons (Fsp3) is 0.357. The van der Waals surface area contributed by atoms with Gasteiger partial charge in [0.15, 0.2) is 0 Å². The number of fused-ring (bicyclic) bond motifs is 1. The van der Waals surface area contributed by atoms with E-state index in [-0.39, 0.29) is 24.9 Å². The maximum atomic E-state index is 14.0. The van der Waals surface area contributed by atoms with E-state index in [9.17, 15) is 9.59 Å². The van der Waals surface area contributed by atoms with Crippen LogP contribution in [-0.2, 0) is 22.7 Å². The molecular weight excluding hydrogens is 486 g/mol. The predicted molar refractivity (Wildman–Crippen MR) is 145 cm³/mol. The number of benzene rings is 2. The van der Waals surface area contributed by atoms with Crippen molar-refractivity contribution >= 4 is 34.2 Å². The van der Waals surface area contributed by atoms with Crippen LogP contribution in [0.2, 0.25) is 0 Å². The largest absolute Gasteiger partial charge is 0.494 e. The highest BCUT2D eigenvalue weighted by molar-refractivity contribution is 7.09. The van der Waals surface area contributed by atoms with Crippen LogP contribution in [0, 0.1) is 0 Å². The van der Waals surface area contributed by atoms with Gasteiger partial charge >= 0.3 is 0 Å². The van der Waals surface area contributed by atoms with Gasteiger partial charge in [0.1, 0.15) is 23.9 Å². The molecule has 0 saturated carbocycles. The van der Waals surface area contributed by atoms with Crippen molar-refractivity contribution in [2.75, 3.05) is 6.61 Å². The van der Waals surface area contributed by atoms with E-state index in [2.05, 4.69) is 15.6 Å². The van der Waals surface area contributed by atoms with Gasteiger partial charge in [-0.1, -0.05) is 48.5 Å². The summed E-state index contributed by atoms with van der Waals surface area (Å²) >= 11 is 1.54. The summed E-state index contributed by atoms with van der Waals surface area (Å²) in [5.74, 6) is 0.0757. The maximum absolute atomic E-state index is 14.0. The van der Waals surface area contributed by atoms with E-state index in [1.54, 1.807) is 20.9 Å². The molecule has 194 valence electrons. The molecule has 8 nitrogen and oxygen atoms in total. The molecule has 0 aliphatic carbocycles. The first-order chi connectivity index (χ1) is 17.8. The zero-order valence-corrected chi connectivity index (χ0v) is 22.5. The molecule has 1 unspecified atom stereocenters. The number of carbonyl (C=O) groups is 2. The molecule has 0 saturated heterocycles. The van der Waals surface area contributed by atoms with Crippen molar-refractivity contribution in [2.45, 2.75) is 58.8 Å². The molecule has 0 bridgehead atoms. The Morgan fingerprint density at radius 1 is 1.08 bits per heavy atom. The molecule has 2 aromatic heterocycles. The number of thiophene rings is 1. The minimum atomic E-state index is -0.905. The number of aromatic nitrogens is 3. The third-order valence-corrected chi connectivity index (χ3v) is 7.21. The van der Waals surface area contributed by atoms with Gasteiger partial charge in [-0.3, -0.25) is 9.59 Å². The summed E-state index contributed by atoms with van der Waals surface area (Å²) in [6.07, 6.45) is 0.738. The number of ether oxygens (including phenoxy) is 1. The Kier molecular flexibility index (Phi) is 8.23. The standard InChI is InChI=1S/C28H33N5O3S/c1-5-28(3,4)29-27(35)26(21-13-7-10-16-24(21)36-6-2)32(18-20-12-11-17-37-20)25(34)19-33-23-15-9-8-14-22(23)30-31-33/h7-17,26H,5-6,18-19H2,1-4H3,(H,29,35). The number of hydrogen-bond donors (Lipinski definition) is 1. The number of nitrogens with zero attached hydrogens (tertiary/aromatic N) is 4. The van der Waals surface area contributed by atoms with Gasteiger partial charge in [-0.05, 0) is 56.8 Å². The van der Waals surface area contributed by atoms with Crippen LogP contribution in [0.3, 0.4) is 0 Å². The Morgan fingerprint density at radius 2 is 1.84 bits per heavy atom. The maximum Gasteiger partial charge on any atom is 0.248 e. The molecule has 2 aromatic carbocycles. The summed E-state index contributed by atoms with van der Waals surface area (Å²) in [6, 6.07) is 17.9. The van der Waals surface area contributed by atoms with Gasteiger partial charge in [0.2, 0.25) is 11.8 Å². The van der Waals surface area contributed by atoms with E-state index in [1.807, 2.05) is 93.7 Å². The molecule has 4 aromatic rings. The first kappa shape index (κ1) is 26.3. The Bertz CT molecular complexity index is 1350. The van der Waals surface area contributed by atoms with Gasteiger partial charge in [-0.15, -0.1) is 16.4 Å². The van der Waals surface area contributed by atoms with E-state index in [4.69, 9.17) is 4.74 Å². The summed E-state index contributed by atoms with van der Waals surface area (Å²) in [6.45, 7) is 8.53. The quantitative estimate of drug-likeness (QED) is 0.302. The second-order valence-electron chi connectivity index (χ2n) is 9.44. The van der Waals surface area contributed by atoms with Crippen LogP contribution in [0.15, 0.2) is 66.0 Å². The monoisotopic (exact) mass is 519 g/mol. The molecule has 37 heavy (non-hydrogen) atoms.